The summed E-state index contributed by atoms with van der Waals surface area (Å²) in [5, 5.41) is 11.4. The Morgan fingerprint density at radius 2 is 1.35 bits per heavy atom. The van der Waals surface area contributed by atoms with Crippen molar-refractivity contribution in [3.63, 3.8) is 0 Å². The number of carbonyl (C=O) groups is 1. The highest BCUT2D eigenvalue weighted by atomic mass is 35.5. The van der Waals surface area contributed by atoms with Gasteiger partial charge in [-0.1, -0.05) is 136 Å². The Labute approximate surface area is 298 Å². The number of halogens is 1. The van der Waals surface area contributed by atoms with Crippen molar-refractivity contribution in [3.8, 4) is 0 Å². The molecule has 0 aromatic heterocycles. The quantitative estimate of drug-likeness (QED) is 0.109. The lowest BCUT2D eigenvalue weighted by atomic mass is 9.80. The Balaban J connectivity index is 1.48. The van der Waals surface area contributed by atoms with Crippen molar-refractivity contribution in [2.24, 2.45) is 11.8 Å². The summed E-state index contributed by atoms with van der Waals surface area (Å²) < 4.78 is 25.9. The number of rotatable bonds is 8. The molecule has 5 rings (SSSR count). The fourth-order valence-electron chi connectivity index (χ4n) is 6.62. The average molecular weight is 703 g/mol. The molecule has 1 fully saturated rings. The number of hydrogen-bond donors (Lipinski definition) is 1. The number of carbonyl (C=O) groups excluding carboxylic acids is 1. The Hall–Kier alpha value is -3.20. The zero-order valence-corrected chi connectivity index (χ0v) is 31.4. The molecule has 0 spiro atoms. The smallest absolute Gasteiger partial charge is 0.431 e. The lowest BCUT2D eigenvalue weighted by Crippen LogP contribution is -2.45. The average Bonchev–Trinajstić information content (AvgIpc) is 3.45. The first-order valence-electron chi connectivity index (χ1n) is 17.4. The molecule has 1 aliphatic heterocycles. The Bertz CT molecular complexity index is 1490. The van der Waals surface area contributed by atoms with Crippen LogP contribution in [-0.2, 0) is 24.2 Å². The van der Waals surface area contributed by atoms with Gasteiger partial charge in [-0.15, -0.1) is 0 Å². The highest BCUT2D eigenvalue weighted by Crippen LogP contribution is 2.44. The molecule has 6 nitrogen and oxygen atoms in total. The van der Waals surface area contributed by atoms with E-state index in [1.165, 1.54) is 0 Å². The molecule has 49 heavy (non-hydrogen) atoms. The summed E-state index contributed by atoms with van der Waals surface area (Å²) in [6.07, 6.45) is 2.96. The van der Waals surface area contributed by atoms with Gasteiger partial charge in [0.2, 0.25) is 6.29 Å². The van der Waals surface area contributed by atoms with Gasteiger partial charge in [0, 0.05) is 11.0 Å². The third-order valence-corrected chi connectivity index (χ3v) is 15.3. The second-order valence-corrected chi connectivity index (χ2v) is 20.1. The number of cyclic esters (lactones) is 1. The van der Waals surface area contributed by atoms with Crippen molar-refractivity contribution in [2.45, 2.75) is 95.6 Å². The Morgan fingerprint density at radius 3 is 1.86 bits per heavy atom. The van der Waals surface area contributed by atoms with Crippen LogP contribution in [0.15, 0.2) is 114 Å². The summed E-state index contributed by atoms with van der Waals surface area (Å²) in [6, 6.07) is 30.7. The number of benzene rings is 3. The van der Waals surface area contributed by atoms with Crippen molar-refractivity contribution in [2.75, 3.05) is 6.61 Å². The fourth-order valence-corrected chi connectivity index (χ4v) is 7.92. The van der Waals surface area contributed by atoms with Crippen LogP contribution < -0.4 is 0 Å². The molecular weight excluding hydrogens is 652 g/mol. The van der Waals surface area contributed by atoms with Crippen LogP contribution in [0.25, 0.3) is 0 Å². The van der Waals surface area contributed by atoms with E-state index < -0.39 is 38.6 Å². The summed E-state index contributed by atoms with van der Waals surface area (Å²) in [5.41, 5.74) is 2.82. The van der Waals surface area contributed by atoms with Gasteiger partial charge in [0.05, 0.1) is 12.7 Å². The first kappa shape index (κ1) is 37.1. The van der Waals surface area contributed by atoms with E-state index in [2.05, 4.69) is 70.3 Å². The molecule has 262 valence electrons. The van der Waals surface area contributed by atoms with Crippen molar-refractivity contribution in [1.29, 1.82) is 0 Å². The first-order valence-corrected chi connectivity index (χ1v) is 20.6. The summed E-state index contributed by atoms with van der Waals surface area (Å²) >= 11 is 6.62. The van der Waals surface area contributed by atoms with Crippen molar-refractivity contribution in [1.82, 2.24) is 0 Å². The van der Waals surface area contributed by atoms with Gasteiger partial charge in [0.15, 0.2) is 8.32 Å². The molecule has 0 radical (unpaired) electrons. The molecular formula is C41H51ClO6Si. The zero-order valence-electron chi connectivity index (χ0n) is 29.6. The summed E-state index contributed by atoms with van der Waals surface area (Å²) in [6.45, 7) is 12.9. The lowest BCUT2D eigenvalue weighted by Gasteiger charge is -2.39. The van der Waals surface area contributed by atoms with Crippen LogP contribution in [0.3, 0.4) is 0 Å². The molecule has 3 aromatic rings. The van der Waals surface area contributed by atoms with Gasteiger partial charge >= 0.3 is 6.16 Å². The Morgan fingerprint density at radius 1 is 0.816 bits per heavy atom. The van der Waals surface area contributed by atoms with Gasteiger partial charge in [-0.05, 0) is 78.9 Å². The number of hydrogen-bond acceptors (Lipinski definition) is 6. The van der Waals surface area contributed by atoms with Gasteiger partial charge < -0.3 is 23.7 Å². The molecule has 5 atom stereocenters. The minimum Gasteiger partial charge on any atom is -0.431 e. The van der Waals surface area contributed by atoms with Crippen LogP contribution in [0.2, 0.25) is 18.1 Å². The van der Waals surface area contributed by atoms with Crippen LogP contribution in [0.1, 0.15) is 70.1 Å². The Kier molecular flexibility index (Phi) is 11.9. The van der Waals surface area contributed by atoms with Gasteiger partial charge in [-0.25, -0.2) is 4.79 Å². The minimum atomic E-state index is -2.33. The number of allylic oxidation sites excluding steroid dienone is 2. The second-order valence-electron chi connectivity index (χ2n) is 14.9. The number of aliphatic hydroxyl groups excluding tert-OH is 1. The molecule has 1 saturated carbocycles. The molecule has 1 aliphatic carbocycles. The van der Waals surface area contributed by atoms with Crippen LogP contribution >= 0.6 is 11.6 Å². The molecule has 0 saturated heterocycles. The number of aliphatic hydroxyl groups is 1. The van der Waals surface area contributed by atoms with E-state index in [0.717, 1.165) is 22.3 Å². The second kappa shape index (κ2) is 15.8. The minimum absolute atomic E-state index is 0.0580. The van der Waals surface area contributed by atoms with Crippen molar-refractivity contribution in [3.05, 3.63) is 130 Å². The van der Waals surface area contributed by atoms with Crippen molar-refractivity contribution < 1.29 is 28.5 Å². The summed E-state index contributed by atoms with van der Waals surface area (Å²) in [5.74, 6) is -0.104. The van der Waals surface area contributed by atoms with E-state index in [1.54, 1.807) is 0 Å². The third-order valence-electron chi connectivity index (χ3n) is 10.4. The van der Waals surface area contributed by atoms with Gasteiger partial charge in [-0.2, -0.15) is 0 Å². The molecule has 8 heteroatoms. The van der Waals surface area contributed by atoms with Gasteiger partial charge in [0.1, 0.15) is 11.7 Å². The predicted octanol–water partition coefficient (Wildman–Crippen LogP) is 10.1. The zero-order chi connectivity index (χ0) is 35.2. The number of fused-ring (bicyclic) bond motifs is 2. The summed E-state index contributed by atoms with van der Waals surface area (Å²) in [7, 11) is -2.33. The van der Waals surface area contributed by atoms with E-state index >= 15 is 0 Å². The predicted molar refractivity (Wildman–Crippen MR) is 198 cm³/mol. The summed E-state index contributed by atoms with van der Waals surface area (Å²) in [4.78, 5) is 13.6. The van der Waals surface area contributed by atoms with E-state index in [1.807, 2.05) is 73.7 Å². The third kappa shape index (κ3) is 8.76. The van der Waals surface area contributed by atoms with Crippen LogP contribution in [0.5, 0.6) is 0 Å². The van der Waals surface area contributed by atoms with E-state index in [0.29, 0.717) is 37.3 Å². The highest BCUT2D eigenvalue weighted by molar-refractivity contribution is 6.74. The van der Waals surface area contributed by atoms with E-state index in [9.17, 15) is 9.90 Å². The standard InChI is InChI=1S/C41H51ClO6Si/c1-29-17-16-24-35(42)36(43)26-30-25-31(37(27-30)46-39(44)47-38(29)48-49(5,6)40(2,3)4)28-45-41(32-18-10-7-11-19-32,33-20-12-8-13-21-33)34-22-14-9-15-23-34/h7-15,17-24,30-31,36-38,43H,16,25-28H2,1-6H3/b29-17-,35-24+/t30-,31-,36-,37-,38+/m1/s1. The van der Waals surface area contributed by atoms with Gasteiger partial charge in [-0.3, -0.25) is 0 Å². The molecule has 3 aromatic carbocycles. The molecule has 2 aliphatic rings. The molecule has 1 N–H and O–H groups in total. The monoisotopic (exact) mass is 702 g/mol. The molecule has 2 bridgehead atoms. The normalized spacial score (nSPS) is 26.4. The largest absolute Gasteiger partial charge is 0.511 e. The number of ether oxygens (including phenoxy) is 3. The lowest BCUT2D eigenvalue weighted by molar-refractivity contribution is -0.0779. The maximum atomic E-state index is 13.6. The highest BCUT2D eigenvalue weighted by Gasteiger charge is 2.44. The maximum absolute atomic E-state index is 13.6. The van der Waals surface area contributed by atoms with Crippen LogP contribution in [0, 0.1) is 11.8 Å². The first-order chi connectivity index (χ1) is 23.3. The van der Waals surface area contributed by atoms with Crippen molar-refractivity contribution >= 4 is 26.1 Å². The fraction of sp³-hybridized carbons (Fsp3) is 0.439. The topological polar surface area (TPSA) is 74.2 Å². The SMILES string of the molecule is C/C1=C/C/C=C(/Cl)[C@H](O)C[C@H]2C[C@H](COC(c3ccccc3)(c3ccccc3)c3ccccc3)[C@@H](C2)OC(=O)O[C@H]1O[Si](C)(C)C(C)(C)C. The van der Waals surface area contributed by atoms with E-state index in [-0.39, 0.29) is 16.9 Å². The molecule has 0 unspecified atom stereocenters. The maximum Gasteiger partial charge on any atom is 0.511 e. The van der Waals surface area contributed by atoms with Gasteiger partial charge in [0.25, 0.3) is 0 Å². The van der Waals surface area contributed by atoms with E-state index in [4.69, 9.17) is 30.2 Å². The molecule has 1 heterocycles. The van der Waals surface area contributed by atoms with Crippen LogP contribution in [0.4, 0.5) is 4.79 Å². The van der Waals surface area contributed by atoms with Crippen LogP contribution in [-0.4, -0.2) is 44.7 Å². The molecule has 0 amide bonds.